The van der Waals surface area contributed by atoms with E-state index in [9.17, 15) is 4.79 Å². The fourth-order valence-electron chi connectivity index (χ4n) is 6.21. The van der Waals surface area contributed by atoms with Gasteiger partial charge in [-0.3, -0.25) is 14.9 Å². The van der Waals surface area contributed by atoms with Gasteiger partial charge in [0.1, 0.15) is 17.6 Å². The topological polar surface area (TPSA) is 71.1 Å². The van der Waals surface area contributed by atoms with Crippen LogP contribution in [0.1, 0.15) is 55.7 Å². The van der Waals surface area contributed by atoms with E-state index in [2.05, 4.69) is 45.3 Å². The van der Waals surface area contributed by atoms with E-state index in [1.54, 1.807) is 6.20 Å². The summed E-state index contributed by atoms with van der Waals surface area (Å²) in [6.07, 6.45) is 9.23. The minimum absolute atomic E-state index is 0.129. The van der Waals surface area contributed by atoms with Crippen LogP contribution in [-0.4, -0.2) is 52.1 Å². The number of aromatic nitrogens is 3. The summed E-state index contributed by atoms with van der Waals surface area (Å²) in [4.78, 5) is 20.6. The number of hydrogen-bond donors (Lipinski definition) is 1. The van der Waals surface area contributed by atoms with Crippen LogP contribution in [0.3, 0.4) is 0 Å². The molecule has 6 nitrogen and oxygen atoms in total. The first-order valence-electron chi connectivity index (χ1n) is 14.0. The molecule has 6 rings (SSSR count). The SMILES string of the molecule is CN1CCC(Oc2ccc(-c3n[nH]c4ccc(CC(=O)C(c5ccccn5)C5CCCC5)cc34)cc2)CC1. The number of nitrogens with one attached hydrogen (secondary N) is 1. The lowest BCUT2D eigenvalue weighted by molar-refractivity contribution is -0.121. The van der Waals surface area contributed by atoms with Crippen LogP contribution in [0.15, 0.2) is 66.9 Å². The second kappa shape index (κ2) is 11.1. The second-order valence-corrected chi connectivity index (χ2v) is 11.0. The largest absolute Gasteiger partial charge is 0.490 e. The fraction of sp³-hybridized carbons (Fsp3) is 0.406. The Morgan fingerprint density at radius 1 is 1.03 bits per heavy atom. The summed E-state index contributed by atoms with van der Waals surface area (Å²) in [5, 5.41) is 8.82. The Bertz CT molecular complexity index is 1370. The molecule has 0 amide bonds. The highest BCUT2D eigenvalue weighted by atomic mass is 16.5. The van der Waals surface area contributed by atoms with Gasteiger partial charge in [-0.15, -0.1) is 0 Å². The van der Waals surface area contributed by atoms with Gasteiger partial charge in [-0.25, -0.2) is 0 Å². The normalized spacial score (nSPS) is 18.1. The molecule has 0 radical (unpaired) electrons. The molecule has 196 valence electrons. The van der Waals surface area contributed by atoms with E-state index in [0.717, 1.165) is 77.9 Å². The van der Waals surface area contributed by atoms with Gasteiger partial charge in [-0.2, -0.15) is 5.10 Å². The smallest absolute Gasteiger partial charge is 0.146 e. The molecule has 4 aromatic rings. The molecule has 2 aromatic carbocycles. The number of Topliss-reactive ketones (excluding diaryl/α,β-unsaturated/α-hetero) is 1. The summed E-state index contributed by atoms with van der Waals surface area (Å²) in [5.74, 6) is 1.42. The maximum Gasteiger partial charge on any atom is 0.146 e. The molecule has 1 saturated heterocycles. The molecule has 38 heavy (non-hydrogen) atoms. The highest BCUT2D eigenvalue weighted by Gasteiger charge is 2.32. The maximum absolute atomic E-state index is 13.7. The van der Waals surface area contributed by atoms with E-state index in [-0.39, 0.29) is 17.8 Å². The molecule has 1 atom stereocenters. The zero-order chi connectivity index (χ0) is 25.9. The quantitative estimate of drug-likeness (QED) is 0.308. The first kappa shape index (κ1) is 24.8. The molecular weight excluding hydrogens is 472 g/mol. The molecule has 1 unspecified atom stereocenters. The number of aromatic amines is 1. The van der Waals surface area contributed by atoms with Crippen molar-refractivity contribution in [1.29, 1.82) is 0 Å². The summed E-state index contributed by atoms with van der Waals surface area (Å²) in [7, 11) is 2.16. The Labute approximate surface area is 224 Å². The Morgan fingerprint density at radius 3 is 2.55 bits per heavy atom. The lowest BCUT2D eigenvalue weighted by Crippen LogP contribution is -2.35. The van der Waals surface area contributed by atoms with E-state index in [1.165, 1.54) is 12.8 Å². The molecule has 1 aliphatic heterocycles. The average molecular weight is 509 g/mol. The third-order valence-corrected chi connectivity index (χ3v) is 8.33. The number of hydrogen-bond acceptors (Lipinski definition) is 5. The number of piperidine rings is 1. The number of carbonyl (C=O) groups excluding carboxylic acids is 1. The molecule has 0 spiro atoms. The number of pyridine rings is 1. The van der Waals surface area contributed by atoms with Crippen molar-refractivity contribution >= 4 is 16.7 Å². The standard InChI is InChI=1S/C32H36N4O2/c1-36-18-15-26(16-19-36)38-25-12-10-24(11-13-25)32-27-20-22(9-14-28(27)34-35-32)21-30(37)31(23-6-2-3-7-23)29-8-4-5-17-33-29/h4-5,8-14,17,20,23,26,31H,2-3,6-7,15-16,18-19,21H2,1H3,(H,34,35). The van der Waals surface area contributed by atoms with Crippen LogP contribution in [0.25, 0.3) is 22.2 Å². The highest BCUT2D eigenvalue weighted by molar-refractivity contribution is 5.95. The molecule has 6 heteroatoms. The van der Waals surface area contributed by atoms with Crippen molar-refractivity contribution in [2.45, 2.75) is 57.0 Å². The van der Waals surface area contributed by atoms with Gasteiger partial charge in [-0.1, -0.05) is 25.0 Å². The monoisotopic (exact) mass is 508 g/mol. The van der Waals surface area contributed by atoms with Crippen LogP contribution in [0.4, 0.5) is 0 Å². The van der Waals surface area contributed by atoms with Crippen LogP contribution in [0.5, 0.6) is 5.75 Å². The molecule has 2 aromatic heterocycles. The summed E-state index contributed by atoms with van der Waals surface area (Å²) in [5.41, 5.74) is 4.84. The van der Waals surface area contributed by atoms with Crippen molar-refractivity contribution < 1.29 is 9.53 Å². The predicted molar refractivity (Wildman–Crippen MR) is 150 cm³/mol. The molecule has 2 aliphatic rings. The minimum Gasteiger partial charge on any atom is -0.490 e. The van der Waals surface area contributed by atoms with E-state index in [0.29, 0.717) is 12.3 Å². The fourth-order valence-corrected chi connectivity index (χ4v) is 6.21. The van der Waals surface area contributed by atoms with Gasteiger partial charge in [-0.05, 0) is 92.7 Å². The number of nitrogens with zero attached hydrogens (tertiary/aromatic N) is 3. The van der Waals surface area contributed by atoms with Gasteiger partial charge in [0.15, 0.2) is 0 Å². The van der Waals surface area contributed by atoms with Crippen molar-refractivity contribution in [1.82, 2.24) is 20.1 Å². The molecule has 1 N–H and O–H groups in total. The van der Waals surface area contributed by atoms with E-state index < -0.39 is 0 Å². The zero-order valence-electron chi connectivity index (χ0n) is 22.1. The molecule has 3 heterocycles. The number of fused-ring (bicyclic) bond motifs is 1. The Morgan fingerprint density at radius 2 is 1.82 bits per heavy atom. The minimum atomic E-state index is -0.129. The summed E-state index contributed by atoms with van der Waals surface area (Å²) in [6, 6.07) is 20.4. The van der Waals surface area contributed by atoms with Crippen molar-refractivity contribution in [3.05, 3.63) is 78.1 Å². The second-order valence-electron chi connectivity index (χ2n) is 11.0. The Hall–Kier alpha value is -3.51. The van der Waals surface area contributed by atoms with Crippen molar-refractivity contribution in [3.8, 4) is 17.0 Å². The number of carbonyl (C=O) groups is 1. The van der Waals surface area contributed by atoms with Crippen LogP contribution >= 0.6 is 0 Å². The van der Waals surface area contributed by atoms with Crippen LogP contribution in [0.2, 0.25) is 0 Å². The van der Waals surface area contributed by atoms with E-state index in [1.807, 2.05) is 42.5 Å². The molecule has 0 bridgehead atoms. The summed E-state index contributed by atoms with van der Waals surface area (Å²) < 4.78 is 6.23. The number of ketones is 1. The van der Waals surface area contributed by atoms with Gasteiger partial charge >= 0.3 is 0 Å². The third kappa shape index (κ3) is 5.37. The zero-order valence-corrected chi connectivity index (χ0v) is 22.1. The lowest BCUT2D eigenvalue weighted by Gasteiger charge is -2.29. The molecular formula is C32H36N4O2. The number of benzene rings is 2. The maximum atomic E-state index is 13.7. The van der Waals surface area contributed by atoms with Crippen molar-refractivity contribution in [3.63, 3.8) is 0 Å². The van der Waals surface area contributed by atoms with Crippen LogP contribution in [-0.2, 0) is 11.2 Å². The Balaban J connectivity index is 1.20. The third-order valence-electron chi connectivity index (χ3n) is 8.33. The van der Waals surface area contributed by atoms with Crippen molar-refractivity contribution in [2.75, 3.05) is 20.1 Å². The average Bonchev–Trinajstić information content (AvgIpc) is 3.62. The summed E-state index contributed by atoms with van der Waals surface area (Å²) >= 11 is 0. The van der Waals surface area contributed by atoms with Gasteiger partial charge in [0.2, 0.25) is 0 Å². The van der Waals surface area contributed by atoms with Gasteiger partial charge in [0, 0.05) is 36.7 Å². The number of H-pyrrole nitrogens is 1. The van der Waals surface area contributed by atoms with Gasteiger partial charge in [0.05, 0.1) is 22.8 Å². The number of likely N-dealkylation sites (tertiary alicyclic amines) is 1. The van der Waals surface area contributed by atoms with Gasteiger partial charge < -0.3 is 9.64 Å². The molecule has 1 saturated carbocycles. The number of ether oxygens (including phenoxy) is 1. The first-order valence-corrected chi connectivity index (χ1v) is 14.0. The lowest BCUT2D eigenvalue weighted by atomic mass is 9.82. The van der Waals surface area contributed by atoms with Gasteiger partial charge in [0.25, 0.3) is 0 Å². The predicted octanol–water partition coefficient (Wildman–Crippen LogP) is 6.18. The van der Waals surface area contributed by atoms with E-state index in [4.69, 9.17) is 4.74 Å². The van der Waals surface area contributed by atoms with Crippen molar-refractivity contribution in [2.24, 2.45) is 5.92 Å². The van der Waals surface area contributed by atoms with Crippen LogP contribution in [0, 0.1) is 5.92 Å². The molecule has 1 aliphatic carbocycles. The summed E-state index contributed by atoms with van der Waals surface area (Å²) in [6.45, 7) is 2.16. The number of rotatable bonds is 8. The van der Waals surface area contributed by atoms with Crippen LogP contribution < -0.4 is 4.74 Å². The first-order chi connectivity index (χ1) is 18.6. The molecule has 2 fully saturated rings. The Kier molecular flexibility index (Phi) is 7.23. The van der Waals surface area contributed by atoms with E-state index >= 15 is 0 Å². The highest BCUT2D eigenvalue weighted by Crippen LogP contribution is 2.38.